The first kappa shape index (κ1) is 14.9. The minimum atomic E-state index is -0.0121. The maximum absolute atomic E-state index is 10.7. The lowest BCUT2D eigenvalue weighted by atomic mass is 10.0. The largest absolute Gasteiger partial charge is 0.507 e. The van der Waals surface area contributed by atoms with Crippen molar-refractivity contribution >= 4 is 6.29 Å². The number of benzene rings is 3. The molecule has 0 aliphatic carbocycles. The molecule has 23 heavy (non-hydrogen) atoms. The standard InChI is InChI=1S/C20H16O3/c21-13-18-7-6-17(12-20(18)22)16-8-10-19(11-9-16)23-14-15-4-2-1-3-5-15/h1-13,22H,14H2. The highest BCUT2D eigenvalue weighted by molar-refractivity contribution is 5.81. The highest BCUT2D eigenvalue weighted by Gasteiger charge is 2.04. The molecule has 3 heteroatoms. The molecule has 0 saturated heterocycles. The second kappa shape index (κ2) is 6.79. The number of aldehydes is 1. The number of phenols is 1. The van der Waals surface area contributed by atoms with Crippen LogP contribution in [0, 0.1) is 0 Å². The molecule has 0 spiro atoms. The van der Waals surface area contributed by atoms with E-state index >= 15 is 0 Å². The Morgan fingerprint density at radius 1 is 0.870 bits per heavy atom. The smallest absolute Gasteiger partial charge is 0.153 e. The van der Waals surface area contributed by atoms with Gasteiger partial charge < -0.3 is 9.84 Å². The maximum Gasteiger partial charge on any atom is 0.153 e. The third kappa shape index (κ3) is 3.58. The summed E-state index contributed by atoms with van der Waals surface area (Å²) in [6.45, 7) is 0.523. The Balaban J connectivity index is 1.72. The molecule has 0 amide bonds. The summed E-state index contributed by atoms with van der Waals surface area (Å²) in [5.41, 5.74) is 3.20. The molecule has 0 atom stereocenters. The van der Waals surface area contributed by atoms with Crippen molar-refractivity contribution in [3.8, 4) is 22.6 Å². The first-order valence-corrected chi connectivity index (χ1v) is 7.31. The minimum absolute atomic E-state index is 0.0121. The first-order chi connectivity index (χ1) is 11.3. The Morgan fingerprint density at radius 3 is 2.22 bits per heavy atom. The van der Waals surface area contributed by atoms with Crippen molar-refractivity contribution in [2.45, 2.75) is 6.61 Å². The molecule has 0 aliphatic rings. The molecule has 0 heterocycles. The van der Waals surface area contributed by atoms with Crippen LogP contribution in [0.2, 0.25) is 0 Å². The summed E-state index contributed by atoms with van der Waals surface area (Å²) in [7, 11) is 0. The minimum Gasteiger partial charge on any atom is -0.507 e. The SMILES string of the molecule is O=Cc1ccc(-c2ccc(OCc3ccccc3)cc2)cc1O. The van der Waals surface area contributed by atoms with Crippen molar-refractivity contribution in [2.24, 2.45) is 0 Å². The van der Waals surface area contributed by atoms with Gasteiger partial charge in [0.1, 0.15) is 18.1 Å². The predicted octanol–water partition coefficient (Wildman–Crippen LogP) is 4.45. The van der Waals surface area contributed by atoms with Crippen molar-refractivity contribution in [1.29, 1.82) is 0 Å². The quantitative estimate of drug-likeness (QED) is 0.708. The molecular formula is C20H16O3. The summed E-state index contributed by atoms with van der Waals surface area (Å²) in [5.74, 6) is 0.772. The van der Waals surface area contributed by atoms with E-state index in [9.17, 15) is 9.90 Å². The Bertz CT molecular complexity index is 793. The van der Waals surface area contributed by atoms with E-state index in [0.29, 0.717) is 12.9 Å². The number of carbonyl (C=O) groups is 1. The zero-order valence-electron chi connectivity index (χ0n) is 12.5. The number of aromatic hydroxyl groups is 1. The van der Waals surface area contributed by atoms with Crippen LogP contribution < -0.4 is 4.74 Å². The lowest BCUT2D eigenvalue weighted by molar-refractivity contribution is 0.112. The second-order valence-corrected chi connectivity index (χ2v) is 5.19. The van der Waals surface area contributed by atoms with Gasteiger partial charge in [0, 0.05) is 0 Å². The monoisotopic (exact) mass is 304 g/mol. The molecule has 0 saturated carbocycles. The van der Waals surface area contributed by atoms with Crippen LogP contribution in [-0.4, -0.2) is 11.4 Å². The van der Waals surface area contributed by atoms with Crippen LogP contribution in [0.5, 0.6) is 11.5 Å². The molecule has 1 N–H and O–H groups in total. The molecule has 3 aromatic rings. The molecule has 3 rings (SSSR count). The predicted molar refractivity (Wildman–Crippen MR) is 89.7 cm³/mol. The van der Waals surface area contributed by atoms with E-state index in [4.69, 9.17) is 4.74 Å². The van der Waals surface area contributed by atoms with Crippen molar-refractivity contribution in [3.63, 3.8) is 0 Å². The maximum atomic E-state index is 10.7. The van der Waals surface area contributed by atoms with Gasteiger partial charge in [-0.05, 0) is 41.0 Å². The number of rotatable bonds is 5. The van der Waals surface area contributed by atoms with Gasteiger partial charge in [-0.2, -0.15) is 0 Å². The van der Waals surface area contributed by atoms with Crippen molar-refractivity contribution in [1.82, 2.24) is 0 Å². The lowest BCUT2D eigenvalue weighted by Crippen LogP contribution is -1.94. The Morgan fingerprint density at radius 2 is 1.57 bits per heavy atom. The average Bonchev–Trinajstić information content (AvgIpc) is 2.61. The molecule has 0 fully saturated rings. The molecule has 0 bridgehead atoms. The molecule has 0 unspecified atom stereocenters. The molecule has 3 aromatic carbocycles. The van der Waals surface area contributed by atoms with Crippen LogP contribution in [0.4, 0.5) is 0 Å². The summed E-state index contributed by atoms with van der Waals surface area (Å²) >= 11 is 0. The highest BCUT2D eigenvalue weighted by Crippen LogP contribution is 2.27. The lowest BCUT2D eigenvalue weighted by Gasteiger charge is -2.08. The van der Waals surface area contributed by atoms with Crippen molar-refractivity contribution in [3.05, 3.63) is 83.9 Å². The van der Waals surface area contributed by atoms with Gasteiger partial charge in [0.25, 0.3) is 0 Å². The van der Waals surface area contributed by atoms with E-state index in [0.717, 1.165) is 22.4 Å². The topological polar surface area (TPSA) is 46.5 Å². The third-order valence-corrected chi connectivity index (χ3v) is 3.59. The van der Waals surface area contributed by atoms with E-state index in [2.05, 4.69) is 0 Å². The summed E-state index contributed by atoms with van der Waals surface area (Å²) in [5, 5.41) is 9.76. The van der Waals surface area contributed by atoms with Crippen LogP contribution in [0.15, 0.2) is 72.8 Å². The van der Waals surface area contributed by atoms with Crippen LogP contribution in [0.3, 0.4) is 0 Å². The van der Waals surface area contributed by atoms with Gasteiger partial charge in [-0.25, -0.2) is 0 Å². The number of ether oxygens (including phenoxy) is 1. The second-order valence-electron chi connectivity index (χ2n) is 5.19. The van der Waals surface area contributed by atoms with Gasteiger partial charge in [0.05, 0.1) is 5.56 Å². The average molecular weight is 304 g/mol. The molecule has 3 nitrogen and oxygen atoms in total. The third-order valence-electron chi connectivity index (χ3n) is 3.59. The Labute approximate surface area is 134 Å². The Hall–Kier alpha value is -3.07. The normalized spacial score (nSPS) is 10.3. The molecule has 114 valence electrons. The van der Waals surface area contributed by atoms with E-state index in [1.807, 2.05) is 60.7 Å². The highest BCUT2D eigenvalue weighted by atomic mass is 16.5. The summed E-state index contributed by atoms with van der Waals surface area (Å²) < 4.78 is 5.75. The van der Waals surface area contributed by atoms with Gasteiger partial charge in [-0.3, -0.25) is 4.79 Å². The molecule has 0 radical (unpaired) electrons. The number of carbonyl (C=O) groups excluding carboxylic acids is 1. The van der Waals surface area contributed by atoms with Crippen molar-refractivity contribution < 1.29 is 14.6 Å². The van der Waals surface area contributed by atoms with Gasteiger partial charge in [-0.15, -0.1) is 0 Å². The number of phenolic OH excluding ortho intramolecular Hbond substituents is 1. The number of hydrogen-bond acceptors (Lipinski definition) is 3. The zero-order valence-corrected chi connectivity index (χ0v) is 12.5. The fourth-order valence-corrected chi connectivity index (χ4v) is 2.31. The molecular weight excluding hydrogens is 288 g/mol. The zero-order chi connectivity index (χ0) is 16.1. The van der Waals surface area contributed by atoms with E-state index in [-0.39, 0.29) is 11.3 Å². The van der Waals surface area contributed by atoms with E-state index < -0.39 is 0 Å². The van der Waals surface area contributed by atoms with Gasteiger partial charge >= 0.3 is 0 Å². The molecule has 0 aromatic heterocycles. The number of hydrogen-bond donors (Lipinski definition) is 1. The van der Waals surface area contributed by atoms with E-state index in [1.54, 1.807) is 12.1 Å². The summed E-state index contributed by atoms with van der Waals surface area (Å²) in [4.78, 5) is 10.7. The van der Waals surface area contributed by atoms with E-state index in [1.165, 1.54) is 0 Å². The van der Waals surface area contributed by atoms with Crippen LogP contribution in [0.25, 0.3) is 11.1 Å². The first-order valence-electron chi connectivity index (χ1n) is 7.31. The fraction of sp³-hybridized carbons (Fsp3) is 0.0500. The van der Waals surface area contributed by atoms with Gasteiger partial charge in [0.2, 0.25) is 0 Å². The fourth-order valence-electron chi connectivity index (χ4n) is 2.31. The van der Waals surface area contributed by atoms with Crippen LogP contribution in [-0.2, 0) is 6.61 Å². The van der Waals surface area contributed by atoms with Crippen LogP contribution in [0.1, 0.15) is 15.9 Å². The van der Waals surface area contributed by atoms with Gasteiger partial charge in [0.15, 0.2) is 6.29 Å². The van der Waals surface area contributed by atoms with Crippen molar-refractivity contribution in [2.75, 3.05) is 0 Å². The Kier molecular flexibility index (Phi) is 4.39. The van der Waals surface area contributed by atoms with Crippen LogP contribution >= 0.6 is 0 Å². The molecule has 0 aliphatic heterocycles. The summed E-state index contributed by atoms with van der Waals surface area (Å²) in [6, 6.07) is 22.6. The summed E-state index contributed by atoms with van der Waals surface area (Å²) in [6.07, 6.45) is 0.639. The van der Waals surface area contributed by atoms with Gasteiger partial charge in [-0.1, -0.05) is 48.5 Å².